The molecule has 2 aromatic carbocycles. The molecule has 0 fully saturated rings. The number of ether oxygens (including phenoxy) is 1. The van der Waals surface area contributed by atoms with Gasteiger partial charge in [-0.05, 0) is 29.8 Å². The highest BCUT2D eigenvalue weighted by Gasteiger charge is 2.33. The summed E-state index contributed by atoms with van der Waals surface area (Å²) in [5.74, 6) is -3.03. The molecule has 0 bridgehead atoms. The van der Waals surface area contributed by atoms with Crippen molar-refractivity contribution in [2.75, 3.05) is 0 Å². The summed E-state index contributed by atoms with van der Waals surface area (Å²) < 4.78 is 19.3. The van der Waals surface area contributed by atoms with Gasteiger partial charge in [0.05, 0.1) is 0 Å². The van der Waals surface area contributed by atoms with Crippen molar-refractivity contribution in [3.05, 3.63) is 77.6 Å². The number of phenolic OH excluding ortho intramolecular Hbond substituents is 1. The van der Waals surface area contributed by atoms with E-state index in [1.807, 2.05) is 0 Å². The molecule has 0 aromatic heterocycles. The van der Waals surface area contributed by atoms with Gasteiger partial charge in [-0.15, -0.1) is 0 Å². The molecule has 4 N–H and O–H groups in total. The van der Waals surface area contributed by atoms with Gasteiger partial charge in [-0.1, -0.05) is 44.2 Å². The highest BCUT2D eigenvalue weighted by molar-refractivity contribution is 6.02. The van der Waals surface area contributed by atoms with Crippen LogP contribution in [0.25, 0.3) is 0 Å². The minimum atomic E-state index is -1.15. The quantitative estimate of drug-likeness (QED) is 0.326. The molecule has 0 spiro atoms. The van der Waals surface area contributed by atoms with Crippen LogP contribution in [0, 0.1) is 11.2 Å². The Labute approximate surface area is 171 Å². The summed E-state index contributed by atoms with van der Waals surface area (Å²) in [7, 11) is 0. The third-order valence-electron chi connectivity index (χ3n) is 4.20. The molecule has 158 valence electrons. The summed E-state index contributed by atoms with van der Waals surface area (Å²) in [5.41, 5.74) is 0.763. The normalized spacial score (nSPS) is 12.3. The molecular weight excluding hydrogens is 395 g/mol. The number of aromatic hydroxyl groups is 1. The predicted molar refractivity (Wildman–Crippen MR) is 104 cm³/mol. The number of hydrogen-bond donors (Lipinski definition) is 4. The number of imide groups is 1. The number of phenols is 1. The van der Waals surface area contributed by atoms with Crippen LogP contribution in [0.4, 0.5) is 9.18 Å². The summed E-state index contributed by atoms with van der Waals surface area (Å²) in [6.07, 6.45) is 0.120. The fourth-order valence-electron chi connectivity index (χ4n) is 2.64. The van der Waals surface area contributed by atoms with Gasteiger partial charge in [-0.3, -0.25) is 20.1 Å². The third-order valence-corrected chi connectivity index (χ3v) is 4.20. The summed E-state index contributed by atoms with van der Waals surface area (Å²) in [5, 5.41) is 20.2. The SMILES string of the molecule is CC(C)(/C=C/C(=O)NO)[C@H](OC(=O)NC(=O)c1ccccc1)c1ccc(O)c(F)c1. The van der Waals surface area contributed by atoms with Gasteiger partial charge < -0.3 is 9.84 Å². The first-order chi connectivity index (χ1) is 14.1. The van der Waals surface area contributed by atoms with Crippen molar-refractivity contribution in [2.45, 2.75) is 20.0 Å². The monoisotopic (exact) mass is 416 g/mol. The van der Waals surface area contributed by atoms with Gasteiger partial charge in [-0.25, -0.2) is 14.7 Å². The minimum absolute atomic E-state index is 0.173. The van der Waals surface area contributed by atoms with Gasteiger partial charge in [0.25, 0.3) is 11.8 Å². The van der Waals surface area contributed by atoms with Crippen molar-refractivity contribution in [3.63, 3.8) is 0 Å². The van der Waals surface area contributed by atoms with Crippen LogP contribution in [0.5, 0.6) is 5.75 Å². The Kier molecular flexibility index (Phi) is 7.27. The second-order valence-electron chi connectivity index (χ2n) is 6.95. The van der Waals surface area contributed by atoms with E-state index in [-0.39, 0.29) is 11.1 Å². The number of alkyl carbamates (subject to hydrolysis) is 1. The predicted octanol–water partition coefficient (Wildman–Crippen LogP) is 3.23. The Hall–Kier alpha value is -3.72. The molecule has 0 heterocycles. The summed E-state index contributed by atoms with van der Waals surface area (Å²) in [4.78, 5) is 35.9. The Balaban J connectivity index is 2.29. The molecule has 0 unspecified atom stereocenters. The fourth-order valence-corrected chi connectivity index (χ4v) is 2.64. The molecule has 2 rings (SSSR count). The van der Waals surface area contributed by atoms with Crippen molar-refractivity contribution < 1.29 is 33.8 Å². The van der Waals surface area contributed by atoms with Crippen molar-refractivity contribution in [1.82, 2.24) is 10.8 Å². The van der Waals surface area contributed by atoms with Crippen molar-refractivity contribution in [3.8, 4) is 5.75 Å². The molecule has 0 saturated carbocycles. The fraction of sp³-hybridized carbons (Fsp3) is 0.190. The number of halogens is 1. The molecule has 1 atom stereocenters. The number of carbonyl (C=O) groups excluding carboxylic acids is 3. The Morgan fingerprint density at radius 3 is 2.40 bits per heavy atom. The molecule has 0 saturated heterocycles. The number of amides is 3. The average Bonchev–Trinajstić information content (AvgIpc) is 2.73. The van der Waals surface area contributed by atoms with Crippen LogP contribution in [-0.4, -0.2) is 28.2 Å². The largest absolute Gasteiger partial charge is 0.505 e. The first-order valence-electron chi connectivity index (χ1n) is 8.83. The molecule has 0 aliphatic carbocycles. The zero-order valence-corrected chi connectivity index (χ0v) is 16.3. The van der Waals surface area contributed by atoms with Crippen LogP contribution in [-0.2, 0) is 9.53 Å². The molecule has 8 nitrogen and oxygen atoms in total. The average molecular weight is 416 g/mol. The van der Waals surface area contributed by atoms with E-state index in [2.05, 4.69) is 5.32 Å². The van der Waals surface area contributed by atoms with Gasteiger partial charge >= 0.3 is 6.09 Å². The maximum Gasteiger partial charge on any atom is 0.414 e. The standard InChI is InChI=1S/C21H21FN2O6/c1-21(2,11-10-17(26)24-29)18(14-8-9-16(25)15(22)12-14)30-20(28)23-19(27)13-6-4-3-5-7-13/h3-12,18,25,29H,1-2H3,(H,24,26)(H,23,27,28)/b11-10+/t18-/m1/s1. The zero-order valence-electron chi connectivity index (χ0n) is 16.3. The van der Waals surface area contributed by atoms with Gasteiger partial charge in [0.15, 0.2) is 11.6 Å². The Bertz CT molecular complexity index is 959. The molecule has 3 amide bonds. The van der Waals surface area contributed by atoms with E-state index in [1.54, 1.807) is 32.0 Å². The second-order valence-corrected chi connectivity index (χ2v) is 6.95. The van der Waals surface area contributed by atoms with E-state index in [0.29, 0.717) is 0 Å². The minimum Gasteiger partial charge on any atom is -0.505 e. The van der Waals surface area contributed by atoms with Crippen LogP contribution in [0.3, 0.4) is 0 Å². The lowest BCUT2D eigenvalue weighted by molar-refractivity contribution is -0.124. The van der Waals surface area contributed by atoms with Crippen molar-refractivity contribution in [1.29, 1.82) is 0 Å². The van der Waals surface area contributed by atoms with Crippen LogP contribution >= 0.6 is 0 Å². The van der Waals surface area contributed by atoms with E-state index in [9.17, 15) is 23.9 Å². The first kappa shape index (κ1) is 22.6. The zero-order chi connectivity index (χ0) is 22.3. The molecule has 0 radical (unpaired) electrons. The number of nitrogens with one attached hydrogen (secondary N) is 2. The van der Waals surface area contributed by atoms with Crippen molar-refractivity contribution >= 4 is 17.9 Å². The number of hydrogen-bond acceptors (Lipinski definition) is 6. The second kappa shape index (κ2) is 9.66. The van der Waals surface area contributed by atoms with Crippen LogP contribution in [0.2, 0.25) is 0 Å². The van der Waals surface area contributed by atoms with E-state index >= 15 is 0 Å². The van der Waals surface area contributed by atoms with Crippen LogP contribution in [0.15, 0.2) is 60.7 Å². The van der Waals surface area contributed by atoms with E-state index in [4.69, 9.17) is 9.94 Å². The van der Waals surface area contributed by atoms with Crippen LogP contribution in [0.1, 0.15) is 35.9 Å². The first-order valence-corrected chi connectivity index (χ1v) is 8.83. The van der Waals surface area contributed by atoms with Crippen molar-refractivity contribution in [2.24, 2.45) is 5.41 Å². The van der Waals surface area contributed by atoms with E-state index < -0.39 is 41.0 Å². The van der Waals surface area contributed by atoms with Gasteiger partial charge in [0.1, 0.15) is 6.10 Å². The lowest BCUT2D eigenvalue weighted by Gasteiger charge is -2.31. The lowest BCUT2D eigenvalue weighted by Crippen LogP contribution is -2.35. The molecule has 9 heteroatoms. The maximum absolute atomic E-state index is 13.9. The van der Waals surface area contributed by atoms with E-state index in [1.165, 1.54) is 29.8 Å². The summed E-state index contributed by atoms with van der Waals surface area (Å²) in [6, 6.07) is 11.4. The smallest absolute Gasteiger partial charge is 0.414 e. The number of hydroxylamine groups is 1. The highest BCUT2D eigenvalue weighted by Crippen LogP contribution is 2.39. The molecular formula is C21H21FN2O6. The Morgan fingerprint density at radius 1 is 1.13 bits per heavy atom. The van der Waals surface area contributed by atoms with Gasteiger partial charge in [0.2, 0.25) is 0 Å². The molecule has 30 heavy (non-hydrogen) atoms. The van der Waals surface area contributed by atoms with E-state index in [0.717, 1.165) is 18.2 Å². The summed E-state index contributed by atoms with van der Waals surface area (Å²) in [6.45, 7) is 3.19. The number of benzene rings is 2. The lowest BCUT2D eigenvalue weighted by atomic mass is 9.82. The topological polar surface area (TPSA) is 125 Å². The molecule has 0 aliphatic heterocycles. The number of rotatable bonds is 6. The molecule has 0 aliphatic rings. The molecule has 2 aromatic rings. The summed E-state index contributed by atoms with van der Waals surface area (Å²) >= 11 is 0. The van der Waals surface area contributed by atoms with Crippen LogP contribution < -0.4 is 10.8 Å². The van der Waals surface area contributed by atoms with Gasteiger partial charge in [-0.2, -0.15) is 0 Å². The number of carbonyl (C=O) groups is 3. The van der Waals surface area contributed by atoms with Gasteiger partial charge in [0, 0.05) is 17.1 Å². The Morgan fingerprint density at radius 2 is 1.80 bits per heavy atom. The highest BCUT2D eigenvalue weighted by atomic mass is 19.1. The third kappa shape index (κ3) is 5.89. The maximum atomic E-state index is 13.9.